The molecule has 4 rings (SSSR count). The number of carbonyl (C=O) groups excluding carboxylic acids is 1. The zero-order valence-electron chi connectivity index (χ0n) is 12.9. The van der Waals surface area contributed by atoms with Gasteiger partial charge >= 0.3 is 0 Å². The van der Waals surface area contributed by atoms with E-state index in [0.29, 0.717) is 22.7 Å². The van der Waals surface area contributed by atoms with Gasteiger partial charge in [-0.25, -0.2) is 0 Å². The van der Waals surface area contributed by atoms with Gasteiger partial charge in [0, 0.05) is 33.9 Å². The largest absolute Gasteiger partial charge is 0.454 e. The maximum atomic E-state index is 12.5. The van der Waals surface area contributed by atoms with E-state index in [4.69, 9.17) is 9.47 Å². The number of carbonyl (C=O) groups is 1. The van der Waals surface area contributed by atoms with Crippen LogP contribution in [0.25, 0.3) is 10.9 Å². The van der Waals surface area contributed by atoms with Crippen LogP contribution in [0.2, 0.25) is 0 Å². The van der Waals surface area contributed by atoms with E-state index in [9.17, 15) is 4.79 Å². The standard InChI is InChI=1S/C18H16N2O3/c1-10-11(2)19-15-5-3-12(7-14(10)15)18(21)20-13-4-6-16-17(8-13)23-9-22-16/h3-8,19H,9H2,1-2H3,(H,20,21). The van der Waals surface area contributed by atoms with Crippen molar-refractivity contribution in [1.29, 1.82) is 0 Å². The van der Waals surface area contributed by atoms with Gasteiger partial charge in [-0.2, -0.15) is 0 Å². The Hall–Kier alpha value is -2.95. The van der Waals surface area contributed by atoms with E-state index in [0.717, 1.165) is 22.2 Å². The Kier molecular flexibility index (Phi) is 3.01. The molecule has 1 amide bonds. The van der Waals surface area contributed by atoms with E-state index >= 15 is 0 Å². The second-order valence-corrected chi connectivity index (χ2v) is 5.66. The quantitative estimate of drug-likeness (QED) is 0.757. The van der Waals surface area contributed by atoms with Gasteiger partial charge in [0.1, 0.15) is 0 Å². The zero-order valence-corrected chi connectivity index (χ0v) is 12.9. The van der Waals surface area contributed by atoms with Gasteiger partial charge in [0.05, 0.1) is 0 Å². The monoisotopic (exact) mass is 308 g/mol. The maximum absolute atomic E-state index is 12.5. The van der Waals surface area contributed by atoms with E-state index in [1.54, 1.807) is 18.2 Å². The van der Waals surface area contributed by atoms with Crippen molar-refractivity contribution in [2.24, 2.45) is 0 Å². The average Bonchev–Trinajstić information content (AvgIpc) is 3.12. The number of ether oxygens (including phenoxy) is 2. The zero-order chi connectivity index (χ0) is 16.0. The lowest BCUT2D eigenvalue weighted by Gasteiger charge is -2.06. The Morgan fingerprint density at radius 3 is 2.78 bits per heavy atom. The number of benzene rings is 2. The van der Waals surface area contributed by atoms with Crippen LogP contribution in [0.4, 0.5) is 5.69 Å². The van der Waals surface area contributed by atoms with Crippen molar-refractivity contribution in [3.8, 4) is 11.5 Å². The molecule has 0 atom stereocenters. The summed E-state index contributed by atoms with van der Waals surface area (Å²) in [4.78, 5) is 15.8. The molecule has 23 heavy (non-hydrogen) atoms. The first-order valence-electron chi connectivity index (χ1n) is 7.42. The summed E-state index contributed by atoms with van der Waals surface area (Å²) < 4.78 is 10.6. The molecule has 1 aliphatic heterocycles. The highest BCUT2D eigenvalue weighted by molar-refractivity contribution is 6.06. The second-order valence-electron chi connectivity index (χ2n) is 5.66. The van der Waals surface area contributed by atoms with Gasteiger partial charge in [0.2, 0.25) is 6.79 Å². The minimum absolute atomic E-state index is 0.149. The minimum Gasteiger partial charge on any atom is -0.454 e. The first-order chi connectivity index (χ1) is 11.1. The molecule has 2 N–H and O–H groups in total. The first kappa shape index (κ1) is 13.7. The first-order valence-corrected chi connectivity index (χ1v) is 7.42. The van der Waals surface area contributed by atoms with Gasteiger partial charge in [-0.1, -0.05) is 0 Å². The van der Waals surface area contributed by atoms with E-state index in [1.807, 2.05) is 32.0 Å². The molecule has 3 aromatic rings. The number of amides is 1. The molecule has 0 unspecified atom stereocenters. The van der Waals surface area contributed by atoms with Crippen molar-refractivity contribution < 1.29 is 14.3 Å². The van der Waals surface area contributed by atoms with Crippen LogP contribution in [0.15, 0.2) is 36.4 Å². The summed E-state index contributed by atoms with van der Waals surface area (Å²) in [6.45, 7) is 4.30. The number of aryl methyl sites for hydroxylation is 2. The third-order valence-electron chi connectivity index (χ3n) is 4.20. The van der Waals surface area contributed by atoms with Gasteiger partial charge in [-0.15, -0.1) is 0 Å². The van der Waals surface area contributed by atoms with Crippen LogP contribution >= 0.6 is 0 Å². The molecule has 0 fully saturated rings. The molecular weight excluding hydrogens is 292 g/mol. The Morgan fingerprint density at radius 1 is 1.09 bits per heavy atom. The van der Waals surface area contributed by atoms with Gasteiger partial charge < -0.3 is 19.8 Å². The number of H-pyrrole nitrogens is 1. The third-order valence-corrected chi connectivity index (χ3v) is 4.20. The molecule has 0 radical (unpaired) electrons. The molecule has 2 heterocycles. The average molecular weight is 308 g/mol. The highest BCUT2D eigenvalue weighted by atomic mass is 16.7. The smallest absolute Gasteiger partial charge is 0.255 e. The minimum atomic E-state index is -0.149. The molecule has 0 saturated heterocycles. The molecule has 0 bridgehead atoms. The lowest BCUT2D eigenvalue weighted by Crippen LogP contribution is -2.11. The van der Waals surface area contributed by atoms with E-state index in [1.165, 1.54) is 0 Å². The predicted molar refractivity (Wildman–Crippen MR) is 88.3 cm³/mol. The van der Waals surface area contributed by atoms with E-state index in [-0.39, 0.29) is 12.7 Å². The Balaban J connectivity index is 1.62. The highest BCUT2D eigenvalue weighted by Gasteiger charge is 2.15. The summed E-state index contributed by atoms with van der Waals surface area (Å²) in [5.41, 5.74) is 4.63. The summed E-state index contributed by atoms with van der Waals surface area (Å²) >= 11 is 0. The van der Waals surface area contributed by atoms with Crippen molar-refractivity contribution in [2.75, 3.05) is 12.1 Å². The topological polar surface area (TPSA) is 63.4 Å². The number of fused-ring (bicyclic) bond motifs is 2. The van der Waals surface area contributed by atoms with Crippen LogP contribution in [0.3, 0.4) is 0 Å². The summed E-state index contributed by atoms with van der Waals surface area (Å²) in [5, 5.41) is 3.96. The van der Waals surface area contributed by atoms with Crippen LogP contribution in [-0.4, -0.2) is 17.7 Å². The van der Waals surface area contributed by atoms with Crippen LogP contribution in [-0.2, 0) is 0 Å². The van der Waals surface area contributed by atoms with Crippen molar-refractivity contribution >= 4 is 22.5 Å². The number of hydrogen-bond acceptors (Lipinski definition) is 3. The molecule has 5 nitrogen and oxygen atoms in total. The summed E-state index contributed by atoms with van der Waals surface area (Å²) in [6.07, 6.45) is 0. The molecule has 116 valence electrons. The molecule has 0 aliphatic carbocycles. The van der Waals surface area contributed by atoms with Gasteiger partial charge in [-0.3, -0.25) is 4.79 Å². The number of nitrogens with one attached hydrogen (secondary N) is 2. The normalized spacial score (nSPS) is 12.6. The molecular formula is C18H16N2O3. The van der Waals surface area contributed by atoms with Crippen molar-refractivity contribution in [1.82, 2.24) is 4.98 Å². The number of hydrogen-bond donors (Lipinski definition) is 2. The lowest BCUT2D eigenvalue weighted by atomic mass is 10.1. The van der Waals surface area contributed by atoms with E-state index < -0.39 is 0 Å². The van der Waals surface area contributed by atoms with Crippen molar-refractivity contribution in [2.45, 2.75) is 13.8 Å². The Labute approximate surface area is 133 Å². The number of aromatic amines is 1. The molecule has 0 spiro atoms. The van der Waals surface area contributed by atoms with Crippen LogP contribution < -0.4 is 14.8 Å². The van der Waals surface area contributed by atoms with Crippen LogP contribution in [0.1, 0.15) is 21.6 Å². The maximum Gasteiger partial charge on any atom is 0.255 e. The SMILES string of the molecule is Cc1[nH]c2ccc(C(=O)Nc3ccc4c(c3)OCO4)cc2c1C. The van der Waals surface area contributed by atoms with Crippen molar-refractivity contribution in [3.63, 3.8) is 0 Å². The molecule has 5 heteroatoms. The summed E-state index contributed by atoms with van der Waals surface area (Å²) in [7, 11) is 0. The van der Waals surface area contributed by atoms with Crippen LogP contribution in [0.5, 0.6) is 11.5 Å². The fourth-order valence-corrected chi connectivity index (χ4v) is 2.78. The Bertz CT molecular complexity index is 927. The second kappa shape index (κ2) is 5.05. The fourth-order valence-electron chi connectivity index (χ4n) is 2.78. The number of aromatic nitrogens is 1. The van der Waals surface area contributed by atoms with Gasteiger partial charge in [0.15, 0.2) is 11.5 Å². The molecule has 1 aliphatic rings. The van der Waals surface area contributed by atoms with Crippen LogP contribution in [0, 0.1) is 13.8 Å². The fraction of sp³-hybridized carbons (Fsp3) is 0.167. The summed E-state index contributed by atoms with van der Waals surface area (Å²) in [6, 6.07) is 11.0. The highest BCUT2D eigenvalue weighted by Crippen LogP contribution is 2.34. The van der Waals surface area contributed by atoms with Gasteiger partial charge in [0.25, 0.3) is 5.91 Å². The van der Waals surface area contributed by atoms with E-state index in [2.05, 4.69) is 10.3 Å². The lowest BCUT2D eigenvalue weighted by molar-refractivity contribution is 0.102. The number of anilines is 1. The third kappa shape index (κ3) is 2.30. The molecule has 2 aromatic carbocycles. The summed E-state index contributed by atoms with van der Waals surface area (Å²) in [5.74, 6) is 1.20. The predicted octanol–water partition coefficient (Wildman–Crippen LogP) is 3.77. The van der Waals surface area contributed by atoms with Crippen molar-refractivity contribution in [3.05, 3.63) is 53.2 Å². The van der Waals surface area contributed by atoms with Gasteiger partial charge in [-0.05, 0) is 49.7 Å². The Morgan fingerprint density at radius 2 is 1.91 bits per heavy atom. The number of rotatable bonds is 2. The molecule has 0 saturated carbocycles. The molecule has 1 aromatic heterocycles.